The van der Waals surface area contributed by atoms with E-state index in [1.54, 1.807) is 20.3 Å². The second kappa shape index (κ2) is 9.53. The molecule has 2 aromatic carbocycles. The third-order valence-electron chi connectivity index (χ3n) is 3.95. The smallest absolute Gasteiger partial charge is 0.270 e. The summed E-state index contributed by atoms with van der Waals surface area (Å²) in [5, 5.41) is 14.0. The number of ether oxygens (including phenoxy) is 2. The lowest BCUT2D eigenvalue weighted by Crippen LogP contribution is -2.21. The first-order valence-electron chi connectivity index (χ1n) is 8.24. The summed E-state index contributed by atoms with van der Waals surface area (Å²) >= 11 is 0. The van der Waals surface area contributed by atoms with E-state index in [0.717, 1.165) is 12.0 Å². The SMILES string of the molecule is COc1ccc(CCNCCC(=O)c2cccc([N+](=O)[O-])c2)cc1OC. The van der Waals surface area contributed by atoms with E-state index < -0.39 is 4.92 Å². The van der Waals surface area contributed by atoms with Crippen LogP contribution in [0.4, 0.5) is 5.69 Å². The van der Waals surface area contributed by atoms with Crippen LogP contribution in [0.15, 0.2) is 42.5 Å². The van der Waals surface area contributed by atoms with Crippen molar-refractivity contribution in [2.75, 3.05) is 27.3 Å². The van der Waals surface area contributed by atoms with Gasteiger partial charge in [0.1, 0.15) is 0 Å². The van der Waals surface area contributed by atoms with Crippen molar-refractivity contribution in [2.24, 2.45) is 0 Å². The van der Waals surface area contributed by atoms with Crippen LogP contribution < -0.4 is 14.8 Å². The number of benzene rings is 2. The highest BCUT2D eigenvalue weighted by atomic mass is 16.6. The number of nitrogens with one attached hydrogen (secondary N) is 1. The molecule has 26 heavy (non-hydrogen) atoms. The van der Waals surface area contributed by atoms with Crippen molar-refractivity contribution in [3.8, 4) is 11.5 Å². The topological polar surface area (TPSA) is 90.7 Å². The monoisotopic (exact) mass is 358 g/mol. The van der Waals surface area contributed by atoms with Gasteiger partial charge in [0.25, 0.3) is 5.69 Å². The summed E-state index contributed by atoms with van der Waals surface area (Å²) in [5.74, 6) is 1.25. The van der Waals surface area contributed by atoms with Crippen LogP contribution in [-0.2, 0) is 6.42 Å². The van der Waals surface area contributed by atoms with E-state index in [-0.39, 0.29) is 17.9 Å². The van der Waals surface area contributed by atoms with Gasteiger partial charge in [-0.15, -0.1) is 0 Å². The quantitative estimate of drug-likeness (QED) is 0.304. The Balaban J connectivity index is 1.77. The van der Waals surface area contributed by atoms with Gasteiger partial charge in [0, 0.05) is 30.7 Å². The van der Waals surface area contributed by atoms with Crippen molar-refractivity contribution in [3.63, 3.8) is 0 Å². The molecule has 0 radical (unpaired) electrons. The van der Waals surface area contributed by atoms with Gasteiger partial charge in [0.05, 0.1) is 19.1 Å². The predicted octanol–water partition coefficient (Wildman–Crippen LogP) is 3.02. The molecule has 0 heterocycles. The third-order valence-corrected chi connectivity index (χ3v) is 3.95. The molecule has 0 amide bonds. The van der Waals surface area contributed by atoms with Crippen molar-refractivity contribution in [1.29, 1.82) is 0 Å². The number of nitro groups is 1. The molecule has 0 aromatic heterocycles. The Morgan fingerprint density at radius 2 is 1.85 bits per heavy atom. The molecule has 0 aliphatic rings. The molecule has 0 aliphatic carbocycles. The normalized spacial score (nSPS) is 10.4. The summed E-state index contributed by atoms with van der Waals surface area (Å²) in [7, 11) is 3.19. The Morgan fingerprint density at radius 3 is 2.54 bits per heavy atom. The minimum absolute atomic E-state index is 0.0720. The van der Waals surface area contributed by atoms with Gasteiger partial charge < -0.3 is 14.8 Å². The van der Waals surface area contributed by atoms with E-state index in [1.807, 2.05) is 18.2 Å². The number of non-ortho nitro benzene ring substituents is 1. The van der Waals surface area contributed by atoms with Gasteiger partial charge in [-0.05, 0) is 30.7 Å². The number of carbonyl (C=O) groups excluding carboxylic acids is 1. The van der Waals surface area contributed by atoms with Crippen LogP contribution >= 0.6 is 0 Å². The van der Waals surface area contributed by atoms with Crippen LogP contribution in [0, 0.1) is 10.1 Å². The van der Waals surface area contributed by atoms with E-state index in [2.05, 4.69) is 5.32 Å². The average Bonchev–Trinajstić information content (AvgIpc) is 2.67. The van der Waals surface area contributed by atoms with Gasteiger partial charge in [0.15, 0.2) is 17.3 Å². The Labute approximate surface area is 152 Å². The Morgan fingerprint density at radius 1 is 1.08 bits per heavy atom. The van der Waals surface area contributed by atoms with Crippen LogP contribution in [0.3, 0.4) is 0 Å². The fourth-order valence-electron chi connectivity index (χ4n) is 2.53. The second-order valence-electron chi connectivity index (χ2n) is 5.67. The standard InChI is InChI=1S/C19H22N2O5/c1-25-18-7-6-14(12-19(18)26-2)8-10-20-11-9-17(22)15-4-3-5-16(13-15)21(23)24/h3-7,12-13,20H,8-11H2,1-2H3. The molecule has 0 fully saturated rings. The van der Waals surface area contributed by atoms with Gasteiger partial charge in [0.2, 0.25) is 0 Å². The number of ketones is 1. The minimum atomic E-state index is -0.502. The molecule has 0 atom stereocenters. The molecular weight excluding hydrogens is 336 g/mol. The average molecular weight is 358 g/mol. The first-order chi connectivity index (χ1) is 12.5. The zero-order valence-electron chi connectivity index (χ0n) is 14.9. The number of nitrogens with zero attached hydrogens (tertiary/aromatic N) is 1. The number of rotatable bonds is 10. The molecule has 0 unspecified atom stereocenters. The zero-order chi connectivity index (χ0) is 18.9. The lowest BCUT2D eigenvalue weighted by atomic mass is 10.1. The maximum absolute atomic E-state index is 12.1. The summed E-state index contributed by atoms with van der Waals surface area (Å²) in [6, 6.07) is 11.6. The highest BCUT2D eigenvalue weighted by Crippen LogP contribution is 2.27. The molecule has 0 saturated carbocycles. The van der Waals surface area contributed by atoms with E-state index in [9.17, 15) is 14.9 Å². The van der Waals surface area contributed by atoms with Gasteiger partial charge in [-0.1, -0.05) is 18.2 Å². The maximum Gasteiger partial charge on any atom is 0.270 e. The van der Waals surface area contributed by atoms with Gasteiger partial charge >= 0.3 is 0 Å². The first-order valence-corrected chi connectivity index (χ1v) is 8.24. The predicted molar refractivity (Wildman–Crippen MR) is 98.2 cm³/mol. The van der Waals surface area contributed by atoms with Crippen LogP contribution in [0.25, 0.3) is 0 Å². The van der Waals surface area contributed by atoms with E-state index in [0.29, 0.717) is 30.2 Å². The first kappa shape index (κ1) is 19.4. The van der Waals surface area contributed by atoms with Crippen molar-refractivity contribution in [3.05, 3.63) is 63.7 Å². The summed E-state index contributed by atoms with van der Waals surface area (Å²) < 4.78 is 10.5. The molecule has 0 aliphatic heterocycles. The maximum atomic E-state index is 12.1. The second-order valence-corrected chi connectivity index (χ2v) is 5.67. The lowest BCUT2D eigenvalue weighted by molar-refractivity contribution is -0.384. The fraction of sp³-hybridized carbons (Fsp3) is 0.316. The molecule has 0 bridgehead atoms. The number of hydrogen-bond acceptors (Lipinski definition) is 6. The Hall–Kier alpha value is -2.93. The number of carbonyl (C=O) groups is 1. The van der Waals surface area contributed by atoms with Gasteiger partial charge in [-0.25, -0.2) is 0 Å². The number of hydrogen-bond donors (Lipinski definition) is 1. The summed E-state index contributed by atoms with van der Waals surface area (Å²) in [6.45, 7) is 1.21. The van der Waals surface area contributed by atoms with Crippen LogP contribution in [0.2, 0.25) is 0 Å². The summed E-state index contributed by atoms with van der Waals surface area (Å²) in [6.07, 6.45) is 1.07. The van der Waals surface area contributed by atoms with Gasteiger partial charge in [-0.3, -0.25) is 14.9 Å². The van der Waals surface area contributed by atoms with Crippen LogP contribution in [0.5, 0.6) is 11.5 Å². The van der Waals surface area contributed by atoms with Crippen molar-refractivity contribution >= 4 is 11.5 Å². The highest BCUT2D eigenvalue weighted by Gasteiger charge is 2.11. The van der Waals surface area contributed by atoms with E-state index in [1.165, 1.54) is 18.2 Å². The molecule has 0 spiro atoms. The van der Waals surface area contributed by atoms with Crippen molar-refractivity contribution < 1.29 is 19.2 Å². The molecule has 138 valence electrons. The van der Waals surface area contributed by atoms with Gasteiger partial charge in [-0.2, -0.15) is 0 Å². The summed E-state index contributed by atoms with van der Waals surface area (Å²) in [5.41, 5.74) is 1.39. The van der Waals surface area contributed by atoms with Crippen molar-refractivity contribution in [1.82, 2.24) is 5.32 Å². The largest absolute Gasteiger partial charge is 0.493 e. The fourth-order valence-corrected chi connectivity index (χ4v) is 2.53. The molecule has 1 N–H and O–H groups in total. The van der Waals surface area contributed by atoms with Crippen LogP contribution in [0.1, 0.15) is 22.3 Å². The number of Topliss-reactive ketones (excluding diaryl/α,β-unsaturated/α-hetero) is 1. The summed E-state index contributed by atoms with van der Waals surface area (Å²) in [4.78, 5) is 22.4. The zero-order valence-corrected chi connectivity index (χ0v) is 14.9. The number of nitro benzene ring substituents is 1. The molecule has 2 aromatic rings. The molecule has 7 nitrogen and oxygen atoms in total. The molecular formula is C19H22N2O5. The van der Waals surface area contributed by atoms with E-state index >= 15 is 0 Å². The molecule has 0 saturated heterocycles. The molecule has 7 heteroatoms. The third kappa shape index (κ3) is 5.29. The van der Waals surface area contributed by atoms with E-state index in [4.69, 9.17) is 9.47 Å². The van der Waals surface area contributed by atoms with Crippen molar-refractivity contribution in [2.45, 2.75) is 12.8 Å². The molecule has 2 rings (SSSR count). The highest BCUT2D eigenvalue weighted by molar-refractivity contribution is 5.96. The van der Waals surface area contributed by atoms with Crippen LogP contribution in [-0.4, -0.2) is 38.0 Å². The lowest BCUT2D eigenvalue weighted by Gasteiger charge is -2.10. The Bertz CT molecular complexity index is 776. The number of methoxy groups -OCH3 is 2. The Kier molecular flexibility index (Phi) is 7.11. The minimum Gasteiger partial charge on any atom is -0.493 e.